The fourth-order valence-electron chi connectivity index (χ4n) is 2.41. The predicted octanol–water partition coefficient (Wildman–Crippen LogP) is 3.40. The molecular formula is C16H19ClFN3. The lowest BCUT2D eigenvalue weighted by atomic mass is 10.0. The minimum absolute atomic E-state index is 0.180. The maximum absolute atomic E-state index is 14.1. The highest BCUT2D eigenvalue weighted by Crippen LogP contribution is 2.26. The van der Waals surface area contributed by atoms with Gasteiger partial charge in [0.1, 0.15) is 5.82 Å². The number of benzene rings is 1. The normalized spacial score (nSPS) is 12.6. The molecule has 2 N–H and O–H groups in total. The summed E-state index contributed by atoms with van der Waals surface area (Å²) in [6.45, 7) is 3.85. The monoisotopic (exact) mass is 307 g/mol. The molecule has 1 unspecified atom stereocenters. The van der Waals surface area contributed by atoms with Crippen molar-refractivity contribution < 1.29 is 4.39 Å². The van der Waals surface area contributed by atoms with E-state index in [9.17, 15) is 4.39 Å². The molecular weight excluding hydrogens is 289 g/mol. The van der Waals surface area contributed by atoms with Gasteiger partial charge in [0.15, 0.2) is 0 Å². The molecule has 0 saturated carbocycles. The summed E-state index contributed by atoms with van der Waals surface area (Å²) in [5.41, 5.74) is 7.59. The molecule has 1 aromatic heterocycles. The van der Waals surface area contributed by atoms with Crippen LogP contribution in [-0.4, -0.2) is 23.0 Å². The van der Waals surface area contributed by atoms with E-state index in [2.05, 4.69) is 9.88 Å². The summed E-state index contributed by atoms with van der Waals surface area (Å²) in [5, 5.41) is 0.393. The van der Waals surface area contributed by atoms with Gasteiger partial charge in [-0.3, -0.25) is 9.88 Å². The van der Waals surface area contributed by atoms with Crippen molar-refractivity contribution in [2.45, 2.75) is 19.5 Å². The number of halogens is 2. The van der Waals surface area contributed by atoms with Gasteiger partial charge in [-0.15, -0.1) is 0 Å². The van der Waals surface area contributed by atoms with Crippen LogP contribution in [0.25, 0.3) is 0 Å². The zero-order valence-corrected chi connectivity index (χ0v) is 12.7. The number of aromatic nitrogens is 1. The van der Waals surface area contributed by atoms with Gasteiger partial charge >= 0.3 is 0 Å². The van der Waals surface area contributed by atoms with Crippen molar-refractivity contribution in [2.75, 3.05) is 13.1 Å². The second-order valence-corrected chi connectivity index (χ2v) is 5.27. The molecule has 2 aromatic rings. The minimum Gasteiger partial charge on any atom is -0.329 e. The number of hydrogen-bond donors (Lipinski definition) is 1. The van der Waals surface area contributed by atoms with E-state index in [0.29, 0.717) is 23.7 Å². The largest absolute Gasteiger partial charge is 0.329 e. The number of nitrogens with two attached hydrogens (primary N) is 1. The zero-order valence-electron chi connectivity index (χ0n) is 12.0. The van der Waals surface area contributed by atoms with Gasteiger partial charge in [0.2, 0.25) is 0 Å². The first-order valence-electron chi connectivity index (χ1n) is 6.93. The number of hydrogen-bond acceptors (Lipinski definition) is 3. The molecule has 0 fully saturated rings. The van der Waals surface area contributed by atoms with Gasteiger partial charge in [-0.2, -0.15) is 0 Å². The summed E-state index contributed by atoms with van der Waals surface area (Å²) in [6.07, 6.45) is 3.51. The second kappa shape index (κ2) is 7.50. The number of nitrogens with zero attached hydrogens (tertiary/aromatic N) is 2. The average molecular weight is 308 g/mol. The smallest absolute Gasteiger partial charge is 0.129 e. The molecule has 1 atom stereocenters. The summed E-state index contributed by atoms with van der Waals surface area (Å²) in [5.74, 6) is -0.314. The van der Waals surface area contributed by atoms with Crippen LogP contribution in [0.4, 0.5) is 4.39 Å². The van der Waals surface area contributed by atoms with Crippen LogP contribution in [0.3, 0.4) is 0 Å². The van der Waals surface area contributed by atoms with Crippen LogP contribution < -0.4 is 5.73 Å². The molecule has 0 bridgehead atoms. The maximum atomic E-state index is 14.1. The summed E-state index contributed by atoms with van der Waals surface area (Å²) in [7, 11) is 0. The summed E-state index contributed by atoms with van der Waals surface area (Å²) in [6, 6.07) is 8.47. The minimum atomic E-state index is -0.314. The fourth-order valence-corrected chi connectivity index (χ4v) is 2.57. The average Bonchev–Trinajstić information content (AvgIpc) is 2.49. The lowest BCUT2D eigenvalue weighted by Crippen LogP contribution is -2.33. The predicted molar refractivity (Wildman–Crippen MR) is 83.5 cm³/mol. The lowest BCUT2D eigenvalue weighted by Gasteiger charge is -2.30. The van der Waals surface area contributed by atoms with Crippen molar-refractivity contribution in [3.63, 3.8) is 0 Å². The molecule has 0 amide bonds. The quantitative estimate of drug-likeness (QED) is 0.889. The first-order valence-corrected chi connectivity index (χ1v) is 7.31. The molecule has 0 saturated heterocycles. The summed E-state index contributed by atoms with van der Waals surface area (Å²) >= 11 is 5.82. The molecule has 0 spiro atoms. The second-order valence-electron chi connectivity index (χ2n) is 4.84. The molecule has 112 valence electrons. The molecule has 5 heteroatoms. The molecule has 0 aliphatic heterocycles. The molecule has 1 aromatic carbocycles. The van der Waals surface area contributed by atoms with Crippen LogP contribution in [0.2, 0.25) is 5.02 Å². The van der Waals surface area contributed by atoms with Gasteiger partial charge in [0.05, 0.1) is 6.04 Å². The molecule has 0 aliphatic rings. The van der Waals surface area contributed by atoms with Gasteiger partial charge < -0.3 is 5.73 Å². The third kappa shape index (κ3) is 4.00. The Morgan fingerprint density at radius 2 is 2.00 bits per heavy atom. The van der Waals surface area contributed by atoms with Crippen molar-refractivity contribution in [2.24, 2.45) is 5.73 Å². The third-order valence-corrected chi connectivity index (χ3v) is 3.76. The van der Waals surface area contributed by atoms with Crippen molar-refractivity contribution >= 4 is 11.6 Å². The number of likely N-dealkylation sites (N-methyl/N-ethyl adjacent to an activating group) is 1. The van der Waals surface area contributed by atoms with E-state index < -0.39 is 0 Å². The molecule has 2 rings (SSSR count). The van der Waals surface area contributed by atoms with Gasteiger partial charge in [-0.05, 0) is 36.4 Å². The Kier molecular flexibility index (Phi) is 5.67. The van der Waals surface area contributed by atoms with Gasteiger partial charge in [0, 0.05) is 36.1 Å². The zero-order chi connectivity index (χ0) is 15.2. The van der Waals surface area contributed by atoms with Gasteiger partial charge in [-0.25, -0.2) is 4.39 Å². The Hall–Kier alpha value is -1.49. The molecule has 1 heterocycles. The van der Waals surface area contributed by atoms with Crippen LogP contribution in [0.15, 0.2) is 42.7 Å². The van der Waals surface area contributed by atoms with Gasteiger partial charge in [-0.1, -0.05) is 24.6 Å². The Labute approximate surface area is 129 Å². The van der Waals surface area contributed by atoms with Crippen molar-refractivity contribution in [1.82, 2.24) is 9.88 Å². The van der Waals surface area contributed by atoms with Gasteiger partial charge in [0.25, 0.3) is 0 Å². The highest BCUT2D eigenvalue weighted by molar-refractivity contribution is 6.30. The first-order chi connectivity index (χ1) is 10.2. The highest BCUT2D eigenvalue weighted by atomic mass is 35.5. The topological polar surface area (TPSA) is 42.2 Å². The van der Waals surface area contributed by atoms with Crippen molar-refractivity contribution in [3.8, 4) is 0 Å². The summed E-state index contributed by atoms with van der Waals surface area (Å²) < 4.78 is 14.1. The van der Waals surface area contributed by atoms with Crippen LogP contribution in [0, 0.1) is 5.82 Å². The fraction of sp³-hybridized carbons (Fsp3) is 0.312. The van der Waals surface area contributed by atoms with E-state index in [1.54, 1.807) is 24.5 Å². The molecule has 0 aliphatic carbocycles. The lowest BCUT2D eigenvalue weighted by molar-refractivity contribution is 0.199. The Morgan fingerprint density at radius 3 is 2.57 bits per heavy atom. The van der Waals surface area contributed by atoms with Crippen LogP contribution in [-0.2, 0) is 6.54 Å². The Bertz CT molecular complexity index is 577. The van der Waals surface area contributed by atoms with E-state index >= 15 is 0 Å². The molecule has 0 radical (unpaired) electrons. The van der Waals surface area contributed by atoms with Crippen LogP contribution >= 0.6 is 11.6 Å². The van der Waals surface area contributed by atoms with E-state index in [1.165, 1.54) is 6.07 Å². The highest BCUT2D eigenvalue weighted by Gasteiger charge is 2.21. The number of pyridine rings is 1. The van der Waals surface area contributed by atoms with Crippen LogP contribution in [0.5, 0.6) is 0 Å². The van der Waals surface area contributed by atoms with Crippen LogP contribution in [0.1, 0.15) is 24.1 Å². The standard InChI is InChI=1S/C16H19ClFN3/c1-2-21(11-12-5-7-20-8-6-12)16(10-19)14-4-3-13(17)9-15(14)18/h3-9,16H,2,10-11,19H2,1H3. The van der Waals surface area contributed by atoms with Crippen molar-refractivity contribution in [3.05, 3.63) is 64.7 Å². The summed E-state index contributed by atoms with van der Waals surface area (Å²) in [4.78, 5) is 6.15. The number of rotatable bonds is 6. The molecule has 21 heavy (non-hydrogen) atoms. The third-order valence-electron chi connectivity index (χ3n) is 3.53. The van der Waals surface area contributed by atoms with E-state index in [4.69, 9.17) is 17.3 Å². The molecule has 3 nitrogen and oxygen atoms in total. The van der Waals surface area contributed by atoms with E-state index in [0.717, 1.165) is 12.1 Å². The van der Waals surface area contributed by atoms with Crippen molar-refractivity contribution in [1.29, 1.82) is 0 Å². The maximum Gasteiger partial charge on any atom is 0.129 e. The van der Waals surface area contributed by atoms with E-state index in [-0.39, 0.29) is 11.9 Å². The SMILES string of the molecule is CCN(Cc1ccncc1)C(CN)c1ccc(Cl)cc1F. The Morgan fingerprint density at radius 1 is 1.29 bits per heavy atom. The first kappa shape index (κ1) is 15.9. The Balaban J connectivity index is 2.25. The van der Waals surface area contributed by atoms with E-state index in [1.807, 2.05) is 19.1 Å².